The SMILES string of the molecule is Cc1onc(-c2ccccc2)c1C(=O)OCc1coc(-c2cccs2)n1. The van der Waals surface area contributed by atoms with Crippen molar-refractivity contribution in [2.24, 2.45) is 0 Å². The van der Waals surface area contributed by atoms with E-state index in [9.17, 15) is 4.79 Å². The van der Waals surface area contributed by atoms with Gasteiger partial charge in [0, 0.05) is 5.56 Å². The maximum atomic E-state index is 12.6. The van der Waals surface area contributed by atoms with Crippen molar-refractivity contribution in [2.75, 3.05) is 0 Å². The molecule has 130 valence electrons. The Bertz CT molecular complexity index is 1020. The predicted molar refractivity (Wildman–Crippen MR) is 95.6 cm³/mol. The molecule has 4 aromatic rings. The van der Waals surface area contributed by atoms with E-state index in [0.29, 0.717) is 28.6 Å². The van der Waals surface area contributed by atoms with Crippen LogP contribution in [0.25, 0.3) is 22.0 Å². The molecule has 0 unspecified atom stereocenters. The molecule has 0 fully saturated rings. The lowest BCUT2D eigenvalue weighted by molar-refractivity contribution is 0.0466. The van der Waals surface area contributed by atoms with Crippen LogP contribution in [-0.2, 0) is 11.3 Å². The molecule has 0 aliphatic heterocycles. The van der Waals surface area contributed by atoms with Gasteiger partial charge in [-0.1, -0.05) is 41.6 Å². The van der Waals surface area contributed by atoms with Crippen molar-refractivity contribution >= 4 is 17.3 Å². The van der Waals surface area contributed by atoms with Gasteiger partial charge in [0.05, 0.1) is 4.88 Å². The summed E-state index contributed by atoms with van der Waals surface area (Å²) in [7, 11) is 0. The molecule has 0 saturated heterocycles. The van der Waals surface area contributed by atoms with Crippen molar-refractivity contribution in [1.82, 2.24) is 10.1 Å². The van der Waals surface area contributed by atoms with Gasteiger partial charge in [0.1, 0.15) is 35.6 Å². The first-order valence-electron chi connectivity index (χ1n) is 7.89. The van der Waals surface area contributed by atoms with Crippen molar-refractivity contribution in [3.63, 3.8) is 0 Å². The topological polar surface area (TPSA) is 78.4 Å². The summed E-state index contributed by atoms with van der Waals surface area (Å²) in [5, 5.41) is 5.93. The average molecular weight is 366 g/mol. The number of hydrogen-bond donors (Lipinski definition) is 0. The highest BCUT2D eigenvalue weighted by Gasteiger charge is 2.23. The number of rotatable bonds is 5. The molecule has 4 rings (SSSR count). The molecule has 0 N–H and O–H groups in total. The molecule has 3 aromatic heterocycles. The van der Waals surface area contributed by atoms with Crippen molar-refractivity contribution in [2.45, 2.75) is 13.5 Å². The number of aromatic nitrogens is 2. The minimum absolute atomic E-state index is 0.00651. The lowest BCUT2D eigenvalue weighted by atomic mass is 10.1. The first-order valence-corrected chi connectivity index (χ1v) is 8.77. The number of oxazole rings is 1. The molecule has 0 aliphatic rings. The molecule has 0 aliphatic carbocycles. The fraction of sp³-hybridized carbons (Fsp3) is 0.105. The minimum Gasteiger partial charge on any atom is -0.455 e. The zero-order chi connectivity index (χ0) is 17.9. The van der Waals surface area contributed by atoms with Crippen molar-refractivity contribution in [1.29, 1.82) is 0 Å². The van der Waals surface area contributed by atoms with Crippen LogP contribution in [0.3, 0.4) is 0 Å². The molecule has 7 heteroatoms. The van der Waals surface area contributed by atoms with E-state index in [2.05, 4.69) is 10.1 Å². The van der Waals surface area contributed by atoms with Gasteiger partial charge in [0.15, 0.2) is 0 Å². The third-order valence-corrected chi connectivity index (χ3v) is 4.61. The Hall–Kier alpha value is -3.19. The first kappa shape index (κ1) is 16.3. The zero-order valence-corrected chi connectivity index (χ0v) is 14.7. The van der Waals surface area contributed by atoms with Crippen molar-refractivity contribution < 1.29 is 18.5 Å². The lowest BCUT2D eigenvalue weighted by Gasteiger charge is -2.03. The number of carbonyl (C=O) groups is 1. The minimum atomic E-state index is -0.511. The number of benzene rings is 1. The summed E-state index contributed by atoms with van der Waals surface area (Å²) in [6, 6.07) is 13.2. The second-order valence-corrected chi connectivity index (χ2v) is 6.47. The molecule has 26 heavy (non-hydrogen) atoms. The van der Waals surface area contributed by atoms with Gasteiger partial charge in [0.2, 0.25) is 5.89 Å². The Labute approximate surface area is 153 Å². The van der Waals surface area contributed by atoms with E-state index in [4.69, 9.17) is 13.7 Å². The van der Waals surface area contributed by atoms with E-state index in [1.165, 1.54) is 17.6 Å². The fourth-order valence-corrected chi connectivity index (χ4v) is 3.16. The summed E-state index contributed by atoms with van der Waals surface area (Å²) in [5.41, 5.74) is 2.11. The van der Waals surface area contributed by atoms with E-state index < -0.39 is 5.97 Å². The summed E-state index contributed by atoms with van der Waals surface area (Å²) >= 11 is 1.53. The summed E-state index contributed by atoms with van der Waals surface area (Å²) in [5.74, 6) is 0.411. The van der Waals surface area contributed by atoms with Gasteiger partial charge >= 0.3 is 5.97 Å². The number of carbonyl (C=O) groups excluding carboxylic acids is 1. The summed E-state index contributed by atoms with van der Waals surface area (Å²) in [6.45, 7) is 1.69. The molecular weight excluding hydrogens is 352 g/mol. The monoisotopic (exact) mass is 366 g/mol. The number of esters is 1. The Morgan fingerprint density at radius 3 is 2.81 bits per heavy atom. The maximum Gasteiger partial charge on any atom is 0.344 e. The van der Waals surface area contributed by atoms with E-state index in [1.54, 1.807) is 6.92 Å². The van der Waals surface area contributed by atoms with Crippen molar-refractivity contribution in [3.05, 3.63) is 71.1 Å². The van der Waals surface area contributed by atoms with Crippen LogP contribution in [-0.4, -0.2) is 16.1 Å². The van der Waals surface area contributed by atoms with E-state index in [1.807, 2.05) is 47.8 Å². The highest BCUT2D eigenvalue weighted by atomic mass is 32.1. The standard InChI is InChI=1S/C19H14N2O4S/c1-12-16(17(21-25-12)13-6-3-2-4-7-13)19(22)24-11-14-10-23-18(20-14)15-8-5-9-26-15/h2-10H,11H2,1H3. The number of hydrogen-bond acceptors (Lipinski definition) is 7. The van der Waals surface area contributed by atoms with Gasteiger partial charge in [-0.3, -0.25) is 0 Å². The molecule has 0 spiro atoms. The van der Waals surface area contributed by atoms with E-state index >= 15 is 0 Å². The Balaban J connectivity index is 1.50. The van der Waals surface area contributed by atoms with Gasteiger partial charge in [-0.05, 0) is 18.4 Å². The van der Waals surface area contributed by atoms with E-state index in [-0.39, 0.29) is 6.61 Å². The highest BCUT2D eigenvalue weighted by molar-refractivity contribution is 7.13. The average Bonchev–Trinajstić information content (AvgIpc) is 3.40. The van der Waals surface area contributed by atoms with Crippen LogP contribution < -0.4 is 0 Å². The molecule has 0 amide bonds. The smallest absolute Gasteiger partial charge is 0.344 e. The van der Waals surface area contributed by atoms with Gasteiger partial charge in [0.25, 0.3) is 0 Å². The highest BCUT2D eigenvalue weighted by Crippen LogP contribution is 2.27. The number of thiophene rings is 1. The molecule has 1 aromatic carbocycles. The molecule has 0 bridgehead atoms. The molecule has 0 atom stereocenters. The summed E-state index contributed by atoms with van der Waals surface area (Å²) in [6.07, 6.45) is 1.49. The number of ether oxygens (including phenoxy) is 1. The fourth-order valence-electron chi connectivity index (χ4n) is 2.50. The van der Waals surface area contributed by atoms with Crippen LogP contribution in [0.1, 0.15) is 21.8 Å². The van der Waals surface area contributed by atoms with Gasteiger partial charge in [-0.15, -0.1) is 11.3 Å². The van der Waals surface area contributed by atoms with Gasteiger partial charge in [-0.25, -0.2) is 9.78 Å². The second-order valence-electron chi connectivity index (χ2n) is 5.53. The second kappa shape index (κ2) is 6.97. The normalized spacial score (nSPS) is 10.8. The maximum absolute atomic E-state index is 12.6. The lowest BCUT2D eigenvalue weighted by Crippen LogP contribution is -2.07. The first-order chi connectivity index (χ1) is 12.7. The number of nitrogens with zero attached hydrogens (tertiary/aromatic N) is 2. The van der Waals surface area contributed by atoms with Crippen LogP contribution in [0.5, 0.6) is 0 Å². The molecular formula is C19H14N2O4S. The summed E-state index contributed by atoms with van der Waals surface area (Å²) < 4.78 is 16.0. The van der Waals surface area contributed by atoms with Crippen LogP contribution in [0.2, 0.25) is 0 Å². The van der Waals surface area contributed by atoms with Crippen LogP contribution >= 0.6 is 11.3 Å². The third kappa shape index (κ3) is 3.16. The van der Waals surface area contributed by atoms with Crippen molar-refractivity contribution in [3.8, 4) is 22.0 Å². The Morgan fingerprint density at radius 1 is 1.19 bits per heavy atom. The Morgan fingerprint density at radius 2 is 2.04 bits per heavy atom. The van der Waals surface area contributed by atoms with Gasteiger partial charge < -0.3 is 13.7 Å². The molecule has 3 heterocycles. The van der Waals surface area contributed by atoms with Gasteiger partial charge in [-0.2, -0.15) is 0 Å². The predicted octanol–water partition coefficient (Wildman–Crippen LogP) is 4.72. The number of aryl methyl sites for hydroxylation is 1. The Kier molecular flexibility index (Phi) is 4.37. The summed E-state index contributed by atoms with van der Waals surface area (Å²) in [4.78, 5) is 17.8. The van der Waals surface area contributed by atoms with E-state index in [0.717, 1.165) is 10.4 Å². The van der Waals surface area contributed by atoms with Crippen LogP contribution in [0.4, 0.5) is 0 Å². The molecule has 6 nitrogen and oxygen atoms in total. The molecule has 0 radical (unpaired) electrons. The third-order valence-electron chi connectivity index (χ3n) is 3.75. The quantitative estimate of drug-likeness (QED) is 0.475. The zero-order valence-electron chi connectivity index (χ0n) is 13.8. The van der Waals surface area contributed by atoms with Crippen LogP contribution in [0, 0.1) is 6.92 Å². The molecule has 0 saturated carbocycles. The largest absolute Gasteiger partial charge is 0.455 e. The van der Waals surface area contributed by atoms with Crippen LogP contribution in [0.15, 0.2) is 63.0 Å².